The molecule has 0 N–H and O–H groups in total. The molecule has 0 aliphatic heterocycles. The second-order valence-corrected chi connectivity index (χ2v) is 6.35. The number of rotatable bonds is 5. The lowest BCUT2D eigenvalue weighted by molar-refractivity contribution is -0.465. The van der Waals surface area contributed by atoms with Crippen molar-refractivity contribution in [3.63, 3.8) is 0 Å². The Hall–Kier alpha value is -1.28. The molecule has 0 spiro atoms. The molecular weight excluding hydrogens is 499 g/mol. The fourth-order valence-electron chi connectivity index (χ4n) is 1.66. The van der Waals surface area contributed by atoms with E-state index in [1.807, 2.05) is 0 Å². The first-order chi connectivity index (χ1) is 12.0. The molecule has 0 bridgehead atoms. The number of hydrogen-bond acceptors (Lipinski definition) is 3. The molecular formula is C8F17O3S-. The molecule has 0 saturated carbocycles. The maximum atomic E-state index is 13.7. The van der Waals surface area contributed by atoms with Crippen LogP contribution in [0.15, 0.2) is 0 Å². The Bertz CT molecular complexity index is 713. The minimum atomic E-state index is -9.27. The van der Waals surface area contributed by atoms with Crippen molar-refractivity contribution >= 4 is 10.1 Å². The van der Waals surface area contributed by atoms with Crippen LogP contribution in [0.25, 0.3) is 0 Å². The van der Waals surface area contributed by atoms with E-state index >= 15 is 0 Å². The highest BCUT2D eigenvalue weighted by Gasteiger charge is 3.00. The van der Waals surface area contributed by atoms with Crippen LogP contribution >= 0.6 is 0 Å². The Morgan fingerprint density at radius 3 is 0.862 bits per heavy atom. The lowest BCUT2D eigenvalue weighted by atomic mass is 9.78. The van der Waals surface area contributed by atoms with Crippen LogP contribution in [0.3, 0.4) is 0 Å². The van der Waals surface area contributed by atoms with Gasteiger partial charge in [0.1, 0.15) is 0 Å². The molecule has 0 aromatic rings. The van der Waals surface area contributed by atoms with Crippen LogP contribution in [-0.2, 0) is 10.1 Å². The van der Waals surface area contributed by atoms with Crippen molar-refractivity contribution < 1.29 is 87.6 Å². The maximum absolute atomic E-state index is 13.7. The van der Waals surface area contributed by atoms with Crippen molar-refractivity contribution in [1.29, 1.82) is 0 Å². The molecule has 0 rings (SSSR count). The van der Waals surface area contributed by atoms with E-state index < -0.39 is 57.1 Å². The SMILES string of the molecule is O=S(=O)([O-])C(F)(F)C(F)(F)C(F)(C(F)(F)F)C(F)(F)C(F)(C(F)(F)F)C(F)(F)F. The molecule has 0 aromatic carbocycles. The summed E-state index contributed by atoms with van der Waals surface area (Å²) in [5.41, 5.74) is -18.2. The molecule has 0 saturated heterocycles. The predicted octanol–water partition coefficient (Wildman–Crippen LogP) is 4.50. The van der Waals surface area contributed by atoms with Crippen molar-refractivity contribution in [3.05, 3.63) is 0 Å². The summed E-state index contributed by atoms with van der Waals surface area (Å²) in [5, 5.41) is -8.24. The topological polar surface area (TPSA) is 57.2 Å². The molecule has 176 valence electrons. The van der Waals surface area contributed by atoms with Crippen molar-refractivity contribution in [1.82, 2.24) is 0 Å². The Labute approximate surface area is 146 Å². The van der Waals surface area contributed by atoms with Gasteiger partial charge in [-0.3, -0.25) is 0 Å². The summed E-state index contributed by atoms with van der Waals surface area (Å²) in [4.78, 5) is 0. The van der Waals surface area contributed by atoms with Gasteiger partial charge in [0.25, 0.3) is 0 Å². The molecule has 21 heteroatoms. The number of halogens is 17. The average molecular weight is 499 g/mol. The summed E-state index contributed by atoms with van der Waals surface area (Å²) < 4.78 is 246. The van der Waals surface area contributed by atoms with Gasteiger partial charge >= 0.3 is 47.0 Å². The van der Waals surface area contributed by atoms with Gasteiger partial charge in [0.05, 0.1) is 0 Å². The van der Waals surface area contributed by atoms with Gasteiger partial charge < -0.3 is 4.55 Å². The smallest absolute Gasteiger partial charge is 0.437 e. The fourth-order valence-corrected chi connectivity index (χ4v) is 2.12. The third-order valence-electron chi connectivity index (χ3n) is 3.15. The standard InChI is InChI=1S/C8HF17O3S/c9-1(5(15,16)17,4(13,14)8(24,25)29(26,27)28)3(11,12)2(10,6(18,19)20)7(21,22)23/h(H,26,27,28)/p-1. The largest absolute Gasteiger partial charge is 0.743 e. The third-order valence-corrected chi connectivity index (χ3v) is 4.03. The van der Waals surface area contributed by atoms with Crippen LogP contribution in [0.5, 0.6) is 0 Å². The van der Waals surface area contributed by atoms with Crippen molar-refractivity contribution in [3.8, 4) is 0 Å². The molecule has 0 aliphatic rings. The zero-order valence-corrected chi connectivity index (χ0v) is 12.9. The zero-order chi connectivity index (χ0) is 24.5. The van der Waals surface area contributed by atoms with Gasteiger partial charge in [0, 0.05) is 0 Å². The minimum absolute atomic E-state index is 8.24. The van der Waals surface area contributed by atoms with E-state index in [-0.39, 0.29) is 0 Å². The first-order valence-corrected chi connectivity index (χ1v) is 7.08. The molecule has 0 aliphatic carbocycles. The van der Waals surface area contributed by atoms with Gasteiger partial charge in [0.15, 0.2) is 10.1 Å². The second kappa shape index (κ2) is 6.36. The summed E-state index contributed by atoms with van der Waals surface area (Å²) in [7, 11) is -8.37. The summed E-state index contributed by atoms with van der Waals surface area (Å²) in [6.07, 6.45) is -25.5. The Morgan fingerprint density at radius 2 is 0.690 bits per heavy atom. The van der Waals surface area contributed by atoms with Crippen LogP contribution in [0, 0.1) is 0 Å². The van der Waals surface area contributed by atoms with Gasteiger partial charge in [-0.15, -0.1) is 0 Å². The number of hydrogen-bond donors (Lipinski definition) is 0. The summed E-state index contributed by atoms with van der Waals surface area (Å²) in [6, 6.07) is 0. The molecule has 0 aromatic heterocycles. The van der Waals surface area contributed by atoms with Crippen molar-refractivity contribution in [2.75, 3.05) is 0 Å². The summed E-state index contributed by atoms with van der Waals surface area (Å²) >= 11 is 0. The van der Waals surface area contributed by atoms with Crippen LogP contribution in [0.1, 0.15) is 0 Å². The summed E-state index contributed by atoms with van der Waals surface area (Å²) in [6.45, 7) is 0. The monoisotopic (exact) mass is 499 g/mol. The summed E-state index contributed by atoms with van der Waals surface area (Å²) in [5.74, 6) is -18.2. The highest BCUT2D eigenvalue weighted by molar-refractivity contribution is 7.86. The average Bonchev–Trinajstić information content (AvgIpc) is 2.39. The van der Waals surface area contributed by atoms with Crippen LogP contribution in [0.4, 0.5) is 74.6 Å². The number of alkyl halides is 17. The van der Waals surface area contributed by atoms with E-state index in [2.05, 4.69) is 0 Å². The van der Waals surface area contributed by atoms with Crippen molar-refractivity contribution in [2.24, 2.45) is 0 Å². The van der Waals surface area contributed by atoms with Gasteiger partial charge in [0.2, 0.25) is 0 Å². The van der Waals surface area contributed by atoms with Gasteiger partial charge in [-0.1, -0.05) is 0 Å². The molecule has 0 fully saturated rings. The normalized spacial score (nSPS) is 18.6. The van der Waals surface area contributed by atoms with E-state index in [4.69, 9.17) is 0 Å². The minimum Gasteiger partial charge on any atom is -0.743 e. The lowest BCUT2D eigenvalue weighted by Gasteiger charge is -2.47. The molecule has 0 amide bonds. The first kappa shape index (κ1) is 27.7. The Kier molecular flexibility index (Phi) is 6.08. The van der Waals surface area contributed by atoms with Crippen LogP contribution in [-0.4, -0.2) is 59.9 Å². The molecule has 1 atom stereocenters. The zero-order valence-electron chi connectivity index (χ0n) is 12.1. The highest BCUT2D eigenvalue weighted by atomic mass is 32.2. The highest BCUT2D eigenvalue weighted by Crippen LogP contribution is 2.67. The molecule has 29 heavy (non-hydrogen) atoms. The Morgan fingerprint density at radius 1 is 0.448 bits per heavy atom. The fraction of sp³-hybridized carbons (Fsp3) is 1.00. The van der Waals surface area contributed by atoms with E-state index in [1.165, 1.54) is 0 Å². The third kappa shape index (κ3) is 3.26. The Balaban J connectivity index is 7.65. The second-order valence-electron chi connectivity index (χ2n) is 4.93. The lowest BCUT2D eigenvalue weighted by Crippen LogP contribution is -2.81. The van der Waals surface area contributed by atoms with Crippen LogP contribution in [0.2, 0.25) is 0 Å². The van der Waals surface area contributed by atoms with E-state index in [0.29, 0.717) is 0 Å². The van der Waals surface area contributed by atoms with E-state index in [1.54, 1.807) is 0 Å². The first-order valence-electron chi connectivity index (χ1n) is 5.67. The molecule has 0 radical (unpaired) electrons. The molecule has 1 unspecified atom stereocenters. The predicted molar refractivity (Wildman–Crippen MR) is 50.4 cm³/mol. The van der Waals surface area contributed by atoms with Gasteiger partial charge in [-0.25, -0.2) is 17.2 Å². The van der Waals surface area contributed by atoms with Gasteiger partial charge in [-0.05, 0) is 0 Å². The van der Waals surface area contributed by atoms with E-state index in [0.717, 1.165) is 0 Å². The van der Waals surface area contributed by atoms with Gasteiger partial charge in [-0.2, -0.15) is 65.9 Å². The molecule has 0 heterocycles. The quantitative estimate of drug-likeness (QED) is 0.414. The van der Waals surface area contributed by atoms with E-state index in [9.17, 15) is 87.6 Å². The van der Waals surface area contributed by atoms with Crippen molar-refractivity contribution in [2.45, 2.75) is 47.0 Å². The van der Waals surface area contributed by atoms with Crippen LogP contribution < -0.4 is 0 Å². The molecule has 3 nitrogen and oxygen atoms in total. The maximum Gasteiger partial charge on any atom is 0.437 e.